The van der Waals surface area contributed by atoms with Gasteiger partial charge in [-0.1, -0.05) is 60.7 Å². The van der Waals surface area contributed by atoms with Crippen molar-refractivity contribution in [2.75, 3.05) is 11.2 Å². The number of nitrogens with one attached hydrogen (secondary N) is 1. The molecule has 0 spiro atoms. The van der Waals surface area contributed by atoms with Crippen LogP contribution in [0.2, 0.25) is 0 Å². The first-order valence-corrected chi connectivity index (χ1v) is 9.76. The van der Waals surface area contributed by atoms with Crippen LogP contribution >= 0.6 is 11.8 Å². The van der Waals surface area contributed by atoms with E-state index in [9.17, 15) is 9.59 Å². The van der Waals surface area contributed by atoms with Crippen molar-refractivity contribution < 1.29 is 4.79 Å². The lowest BCUT2D eigenvalue weighted by atomic mass is 10.2. The van der Waals surface area contributed by atoms with Crippen LogP contribution in [0, 0.1) is 0 Å². The maximum absolute atomic E-state index is 13.0. The predicted molar refractivity (Wildman–Crippen MR) is 113 cm³/mol. The molecule has 0 atom stereocenters. The SMILES string of the molecule is O=C(CSc1ccccc1)Nn1c(-c2ccccc2)nc2ccccc2c1=O. The molecule has 0 radical (unpaired) electrons. The van der Waals surface area contributed by atoms with E-state index in [1.807, 2.05) is 66.7 Å². The van der Waals surface area contributed by atoms with Crippen molar-refractivity contribution in [3.05, 3.63) is 95.3 Å². The Labute approximate surface area is 166 Å². The number of carbonyl (C=O) groups is 1. The van der Waals surface area contributed by atoms with Crippen LogP contribution in [0.4, 0.5) is 0 Å². The molecule has 0 fully saturated rings. The first kappa shape index (κ1) is 18.0. The Morgan fingerprint density at radius 3 is 2.29 bits per heavy atom. The van der Waals surface area contributed by atoms with Gasteiger partial charge in [0.05, 0.1) is 16.7 Å². The number of aromatic nitrogens is 2. The topological polar surface area (TPSA) is 64.0 Å². The van der Waals surface area contributed by atoms with Gasteiger partial charge in [0.1, 0.15) is 0 Å². The highest BCUT2D eigenvalue weighted by Crippen LogP contribution is 2.19. The number of fused-ring (bicyclic) bond motifs is 1. The number of amides is 1. The van der Waals surface area contributed by atoms with Gasteiger partial charge in [0.2, 0.25) is 5.91 Å². The second-order valence-corrected chi connectivity index (χ2v) is 7.14. The Morgan fingerprint density at radius 1 is 0.893 bits per heavy atom. The molecule has 28 heavy (non-hydrogen) atoms. The first-order valence-electron chi connectivity index (χ1n) is 8.77. The molecule has 0 saturated heterocycles. The van der Waals surface area contributed by atoms with E-state index >= 15 is 0 Å². The number of thioether (sulfide) groups is 1. The van der Waals surface area contributed by atoms with Gasteiger partial charge in [-0.2, -0.15) is 4.68 Å². The molecule has 1 N–H and O–H groups in total. The van der Waals surface area contributed by atoms with E-state index < -0.39 is 0 Å². The van der Waals surface area contributed by atoms with Crippen molar-refractivity contribution >= 4 is 28.6 Å². The number of hydrogen-bond donors (Lipinski definition) is 1. The molecule has 0 bridgehead atoms. The zero-order valence-electron chi connectivity index (χ0n) is 14.9. The van der Waals surface area contributed by atoms with E-state index in [1.165, 1.54) is 16.4 Å². The average Bonchev–Trinajstić information content (AvgIpc) is 2.75. The van der Waals surface area contributed by atoms with Crippen LogP contribution < -0.4 is 11.0 Å². The van der Waals surface area contributed by atoms with Gasteiger partial charge < -0.3 is 0 Å². The number of para-hydroxylation sites is 1. The lowest BCUT2D eigenvalue weighted by Crippen LogP contribution is -2.36. The Kier molecular flexibility index (Phi) is 5.21. The van der Waals surface area contributed by atoms with Gasteiger partial charge in [0, 0.05) is 10.5 Å². The van der Waals surface area contributed by atoms with Crippen molar-refractivity contribution in [2.24, 2.45) is 0 Å². The number of nitrogens with zero attached hydrogens (tertiary/aromatic N) is 2. The van der Waals surface area contributed by atoms with Crippen molar-refractivity contribution in [2.45, 2.75) is 4.90 Å². The monoisotopic (exact) mass is 387 g/mol. The third-order valence-corrected chi connectivity index (χ3v) is 5.17. The van der Waals surface area contributed by atoms with Gasteiger partial charge in [0.15, 0.2) is 5.82 Å². The smallest absolute Gasteiger partial charge is 0.272 e. The van der Waals surface area contributed by atoms with Crippen molar-refractivity contribution in [1.82, 2.24) is 9.66 Å². The zero-order chi connectivity index (χ0) is 19.3. The Bertz CT molecular complexity index is 1170. The van der Waals surface area contributed by atoms with E-state index in [1.54, 1.807) is 18.2 Å². The molecular formula is C22H17N3O2S. The molecule has 138 valence electrons. The second-order valence-electron chi connectivity index (χ2n) is 6.10. The summed E-state index contributed by atoms with van der Waals surface area (Å²) in [5.74, 6) is 0.324. The van der Waals surface area contributed by atoms with Crippen LogP contribution in [0.25, 0.3) is 22.3 Å². The number of hydrogen-bond acceptors (Lipinski definition) is 4. The minimum Gasteiger partial charge on any atom is -0.272 e. The Morgan fingerprint density at radius 2 is 1.54 bits per heavy atom. The van der Waals surface area contributed by atoms with Gasteiger partial charge in [-0.15, -0.1) is 11.8 Å². The molecule has 1 amide bonds. The molecular weight excluding hydrogens is 370 g/mol. The van der Waals surface area contributed by atoms with E-state index in [-0.39, 0.29) is 17.2 Å². The molecule has 4 rings (SSSR count). The normalized spacial score (nSPS) is 10.7. The third kappa shape index (κ3) is 3.82. The third-order valence-electron chi connectivity index (χ3n) is 4.16. The van der Waals surface area contributed by atoms with E-state index in [0.29, 0.717) is 16.7 Å². The van der Waals surface area contributed by atoms with Crippen LogP contribution in [0.1, 0.15) is 0 Å². The van der Waals surface area contributed by atoms with Gasteiger partial charge in [-0.3, -0.25) is 15.0 Å². The lowest BCUT2D eigenvalue weighted by Gasteiger charge is -2.14. The van der Waals surface area contributed by atoms with Crippen LogP contribution in [0.5, 0.6) is 0 Å². The highest BCUT2D eigenvalue weighted by atomic mass is 32.2. The first-order chi connectivity index (χ1) is 13.7. The fourth-order valence-electron chi connectivity index (χ4n) is 2.84. The minimum absolute atomic E-state index is 0.192. The minimum atomic E-state index is -0.303. The summed E-state index contributed by atoms with van der Waals surface area (Å²) in [5, 5.41) is 0.457. The lowest BCUT2D eigenvalue weighted by molar-refractivity contribution is -0.114. The molecule has 0 aliphatic heterocycles. The second kappa shape index (κ2) is 8.10. The van der Waals surface area contributed by atoms with Crippen LogP contribution in [0.15, 0.2) is 94.6 Å². The molecule has 0 aliphatic carbocycles. The summed E-state index contributed by atoms with van der Waals surface area (Å²) in [6.45, 7) is 0. The van der Waals surface area contributed by atoms with E-state index in [4.69, 9.17) is 0 Å². The largest absolute Gasteiger partial charge is 0.280 e. The molecule has 1 heterocycles. The Hall–Kier alpha value is -3.38. The van der Waals surface area contributed by atoms with E-state index in [2.05, 4.69) is 10.4 Å². The summed E-state index contributed by atoms with van der Waals surface area (Å²) in [6.07, 6.45) is 0. The molecule has 3 aromatic carbocycles. The molecule has 1 aromatic heterocycles. The number of rotatable bonds is 5. The van der Waals surface area contributed by atoms with Crippen molar-refractivity contribution in [3.63, 3.8) is 0 Å². The van der Waals surface area contributed by atoms with Gasteiger partial charge in [-0.25, -0.2) is 4.98 Å². The van der Waals surface area contributed by atoms with Gasteiger partial charge in [-0.05, 0) is 24.3 Å². The number of carbonyl (C=O) groups excluding carboxylic acids is 1. The summed E-state index contributed by atoms with van der Waals surface area (Å²) in [5.41, 5.74) is 3.76. The highest BCUT2D eigenvalue weighted by Gasteiger charge is 2.15. The highest BCUT2D eigenvalue weighted by molar-refractivity contribution is 8.00. The summed E-state index contributed by atoms with van der Waals surface area (Å²) in [4.78, 5) is 31.2. The molecule has 0 saturated carbocycles. The van der Waals surface area contributed by atoms with Crippen molar-refractivity contribution in [1.29, 1.82) is 0 Å². The van der Waals surface area contributed by atoms with Crippen LogP contribution in [0.3, 0.4) is 0 Å². The molecule has 0 aliphatic rings. The maximum Gasteiger partial charge on any atom is 0.280 e. The summed E-state index contributed by atoms with van der Waals surface area (Å²) >= 11 is 1.41. The maximum atomic E-state index is 13.0. The summed E-state index contributed by atoms with van der Waals surface area (Å²) in [6, 6.07) is 26.1. The molecule has 5 nitrogen and oxygen atoms in total. The fourth-order valence-corrected chi connectivity index (χ4v) is 3.55. The average molecular weight is 387 g/mol. The molecule has 0 unspecified atom stereocenters. The summed E-state index contributed by atoms with van der Waals surface area (Å²) < 4.78 is 1.24. The van der Waals surface area contributed by atoms with Crippen LogP contribution in [-0.4, -0.2) is 21.3 Å². The summed E-state index contributed by atoms with van der Waals surface area (Å²) in [7, 11) is 0. The predicted octanol–water partition coefficient (Wildman–Crippen LogP) is 3.93. The van der Waals surface area contributed by atoms with E-state index in [0.717, 1.165) is 10.5 Å². The number of benzene rings is 3. The standard InChI is InChI=1S/C22H17N3O2S/c26-20(15-28-17-11-5-2-6-12-17)24-25-21(16-9-3-1-4-10-16)23-19-14-8-7-13-18(19)22(25)27/h1-14H,15H2,(H,24,26). The van der Waals surface area contributed by atoms with Crippen molar-refractivity contribution in [3.8, 4) is 11.4 Å². The van der Waals surface area contributed by atoms with Crippen LogP contribution in [-0.2, 0) is 4.79 Å². The van der Waals surface area contributed by atoms with Gasteiger partial charge in [0.25, 0.3) is 5.56 Å². The van der Waals surface area contributed by atoms with Gasteiger partial charge >= 0.3 is 0 Å². The zero-order valence-corrected chi connectivity index (χ0v) is 15.7. The fraction of sp³-hybridized carbons (Fsp3) is 0.0455. The molecule has 4 aromatic rings. The molecule has 6 heteroatoms. The Balaban J connectivity index is 1.69. The quantitative estimate of drug-likeness (QED) is 0.527.